The van der Waals surface area contributed by atoms with Crippen LogP contribution in [0.15, 0.2) is 169 Å². The summed E-state index contributed by atoms with van der Waals surface area (Å²) in [6, 6.07) is 60.0. The highest BCUT2D eigenvalue weighted by molar-refractivity contribution is 7.80. The molecule has 1 heterocycles. The monoisotopic (exact) mass is 644 g/mol. The molecule has 9 aromatic carbocycles. The molecule has 0 bridgehead atoms. The number of rotatable bonds is 3. The van der Waals surface area contributed by atoms with Gasteiger partial charge in [0, 0.05) is 30.6 Å². The van der Waals surface area contributed by atoms with Crippen LogP contribution in [0.5, 0.6) is 0 Å². The summed E-state index contributed by atoms with van der Waals surface area (Å²) in [6.45, 7) is 0. The maximum atomic E-state index is 5.00. The highest BCUT2D eigenvalue weighted by atomic mass is 32.1. The number of thiophene rings is 1. The van der Waals surface area contributed by atoms with Crippen molar-refractivity contribution >= 4 is 87.2 Å². The highest BCUT2D eigenvalue weighted by Crippen LogP contribution is 2.49. The number of benzene rings is 9. The van der Waals surface area contributed by atoms with Crippen LogP contribution in [0.3, 0.4) is 0 Å². The van der Waals surface area contributed by atoms with E-state index in [0.29, 0.717) is 0 Å². The molecule has 0 N–H and O–H groups in total. The van der Waals surface area contributed by atoms with Gasteiger partial charge < -0.3 is 0 Å². The third-order valence-corrected chi connectivity index (χ3v) is 11.7. The van der Waals surface area contributed by atoms with Gasteiger partial charge in [0.05, 0.1) is 0 Å². The summed E-state index contributed by atoms with van der Waals surface area (Å²) in [5.74, 6) is 0. The van der Waals surface area contributed by atoms with E-state index in [9.17, 15) is 0 Å². The van der Waals surface area contributed by atoms with Crippen molar-refractivity contribution in [2.75, 3.05) is 0 Å². The lowest BCUT2D eigenvalue weighted by Gasteiger charge is -2.18. The zero-order valence-corrected chi connectivity index (χ0v) is 27.7. The first-order valence-corrected chi connectivity index (χ1v) is 17.6. The van der Waals surface area contributed by atoms with Crippen molar-refractivity contribution in [2.24, 2.45) is 0 Å². The van der Waals surface area contributed by atoms with Gasteiger partial charge in [0.15, 0.2) is 0 Å². The first-order chi connectivity index (χ1) is 23.8. The van der Waals surface area contributed by atoms with E-state index in [1.54, 1.807) is 0 Å². The molecule has 0 aliphatic heterocycles. The minimum atomic E-state index is 1.04. The Morgan fingerprint density at radius 2 is 0.792 bits per heavy atom. The molecule has 0 unspecified atom stereocenters. The molecule has 48 heavy (non-hydrogen) atoms. The maximum absolute atomic E-state index is 5.00. The smallest absolute Gasteiger partial charge is 0.0434 e. The molecule has 0 saturated carbocycles. The topological polar surface area (TPSA) is 0 Å². The number of thiol groups is 1. The van der Waals surface area contributed by atoms with Gasteiger partial charge in [-0.05, 0) is 83.0 Å². The molecule has 0 radical (unpaired) electrons. The summed E-state index contributed by atoms with van der Waals surface area (Å²) in [5.41, 5.74) is 7.64. The second-order valence-electron chi connectivity index (χ2n) is 12.5. The average Bonchev–Trinajstić information content (AvgIpc) is 3.53. The Morgan fingerprint density at radius 1 is 0.333 bits per heavy atom. The summed E-state index contributed by atoms with van der Waals surface area (Å²) in [4.78, 5) is 1.04. The van der Waals surface area contributed by atoms with Crippen LogP contribution in [0.1, 0.15) is 0 Å². The molecule has 0 atom stereocenters. The Kier molecular flexibility index (Phi) is 6.24. The summed E-state index contributed by atoms with van der Waals surface area (Å²) >= 11 is 6.90. The van der Waals surface area contributed by atoms with Crippen LogP contribution < -0.4 is 0 Å². The van der Waals surface area contributed by atoms with Crippen molar-refractivity contribution in [2.45, 2.75) is 4.90 Å². The normalized spacial score (nSPS) is 11.9. The second-order valence-corrected chi connectivity index (χ2v) is 14.0. The third-order valence-electron chi connectivity index (χ3n) is 9.95. The van der Waals surface area contributed by atoms with Crippen molar-refractivity contribution < 1.29 is 0 Å². The van der Waals surface area contributed by atoms with Crippen LogP contribution in [0.2, 0.25) is 0 Å². The van der Waals surface area contributed by atoms with Crippen LogP contribution in [0.4, 0.5) is 0 Å². The minimum absolute atomic E-state index is 1.04. The molecule has 10 rings (SSSR count). The van der Waals surface area contributed by atoms with Gasteiger partial charge in [-0.1, -0.05) is 152 Å². The molecule has 0 amide bonds. The summed E-state index contributed by atoms with van der Waals surface area (Å²) in [7, 11) is 0. The van der Waals surface area contributed by atoms with Gasteiger partial charge in [0.1, 0.15) is 0 Å². The van der Waals surface area contributed by atoms with E-state index in [-0.39, 0.29) is 0 Å². The molecule has 0 saturated heterocycles. The molecular formula is C46H28S2. The van der Waals surface area contributed by atoms with Gasteiger partial charge in [-0.25, -0.2) is 0 Å². The van der Waals surface area contributed by atoms with Gasteiger partial charge in [0.25, 0.3) is 0 Å². The molecule has 224 valence electrons. The molecule has 10 aromatic rings. The summed E-state index contributed by atoms with van der Waals surface area (Å²) in [6.07, 6.45) is 0. The van der Waals surface area contributed by atoms with Crippen molar-refractivity contribution in [3.8, 4) is 33.4 Å². The van der Waals surface area contributed by atoms with E-state index < -0.39 is 0 Å². The van der Waals surface area contributed by atoms with Crippen LogP contribution >= 0.6 is 24.0 Å². The Balaban J connectivity index is 1.27. The Bertz CT molecular complexity index is 2780. The number of hydrogen-bond acceptors (Lipinski definition) is 2. The lowest BCUT2D eigenvalue weighted by molar-refractivity contribution is 1.62. The van der Waals surface area contributed by atoms with Crippen LogP contribution in [0.25, 0.3) is 96.6 Å². The summed E-state index contributed by atoms with van der Waals surface area (Å²) < 4.78 is 2.63. The standard InChI is InChI=1S/C46H28S2/c47-45-36-21-10-8-19-34(36)43(35-20-9-11-22-37(35)45)29-25-26-41-40(27-29)38-23-12-24-39(46(38)48-41)44-32-17-6-4-15-30(32)42(28-13-2-1-3-14-28)31-16-5-7-18-33(31)44/h1-27,47H. The Labute approximate surface area is 287 Å². The Morgan fingerprint density at radius 3 is 1.38 bits per heavy atom. The fourth-order valence-corrected chi connectivity index (χ4v) is 9.49. The first kappa shape index (κ1) is 27.7. The van der Waals surface area contributed by atoms with Crippen molar-refractivity contribution in [1.82, 2.24) is 0 Å². The van der Waals surface area contributed by atoms with Gasteiger partial charge in [-0.15, -0.1) is 24.0 Å². The second kappa shape index (κ2) is 10.8. The largest absolute Gasteiger partial charge is 0.142 e. The summed E-state index contributed by atoms with van der Waals surface area (Å²) in [5, 5.41) is 12.6. The van der Waals surface area contributed by atoms with Crippen molar-refractivity contribution in [3.05, 3.63) is 164 Å². The van der Waals surface area contributed by atoms with Crippen LogP contribution in [0, 0.1) is 0 Å². The first-order valence-electron chi connectivity index (χ1n) is 16.3. The fraction of sp³-hybridized carbons (Fsp3) is 0. The number of fused-ring (bicyclic) bond motifs is 7. The maximum Gasteiger partial charge on any atom is 0.0434 e. The molecule has 0 aliphatic rings. The molecule has 2 heteroatoms. The zero-order valence-electron chi connectivity index (χ0n) is 25.9. The fourth-order valence-electron chi connectivity index (χ4n) is 7.90. The average molecular weight is 645 g/mol. The highest BCUT2D eigenvalue weighted by Gasteiger charge is 2.20. The van der Waals surface area contributed by atoms with E-state index in [1.165, 1.54) is 96.6 Å². The molecule has 0 spiro atoms. The SMILES string of the molecule is Sc1c2ccccc2c(-c2ccc3sc4c(-c5c6ccccc6c(-c6ccccc6)c6ccccc56)cccc4c3c2)c2ccccc12. The molecule has 0 nitrogen and oxygen atoms in total. The van der Waals surface area contributed by atoms with E-state index in [4.69, 9.17) is 12.6 Å². The zero-order chi connectivity index (χ0) is 31.8. The molecule has 1 aromatic heterocycles. The molecular weight excluding hydrogens is 617 g/mol. The van der Waals surface area contributed by atoms with E-state index in [1.807, 2.05) is 11.3 Å². The van der Waals surface area contributed by atoms with Gasteiger partial charge >= 0.3 is 0 Å². The number of hydrogen-bond donors (Lipinski definition) is 1. The van der Waals surface area contributed by atoms with E-state index in [2.05, 4.69) is 164 Å². The van der Waals surface area contributed by atoms with E-state index >= 15 is 0 Å². The molecule has 0 aliphatic carbocycles. The third kappa shape index (κ3) is 4.03. The minimum Gasteiger partial charge on any atom is -0.142 e. The molecule has 0 fully saturated rings. The predicted octanol–water partition coefficient (Wildman–Crippen LogP) is 14.0. The predicted molar refractivity (Wildman–Crippen MR) is 213 cm³/mol. The van der Waals surface area contributed by atoms with Gasteiger partial charge in [0.2, 0.25) is 0 Å². The van der Waals surface area contributed by atoms with Crippen molar-refractivity contribution in [1.29, 1.82) is 0 Å². The lowest BCUT2D eigenvalue weighted by Crippen LogP contribution is -1.90. The van der Waals surface area contributed by atoms with Gasteiger partial charge in [-0.3, -0.25) is 0 Å². The van der Waals surface area contributed by atoms with Crippen LogP contribution in [-0.2, 0) is 0 Å². The quantitative estimate of drug-likeness (QED) is 0.144. The van der Waals surface area contributed by atoms with Gasteiger partial charge in [-0.2, -0.15) is 0 Å². The van der Waals surface area contributed by atoms with E-state index in [0.717, 1.165) is 4.90 Å². The van der Waals surface area contributed by atoms with Crippen molar-refractivity contribution in [3.63, 3.8) is 0 Å². The Hall–Kier alpha value is -5.41. The van der Waals surface area contributed by atoms with Crippen LogP contribution in [-0.4, -0.2) is 0 Å². The lowest BCUT2D eigenvalue weighted by atomic mass is 9.85.